The molecule has 2 heterocycles. The van der Waals surface area contributed by atoms with Crippen LogP contribution in [0.2, 0.25) is 0 Å². The van der Waals surface area contributed by atoms with Gasteiger partial charge in [-0.25, -0.2) is 0 Å². The van der Waals surface area contributed by atoms with Gasteiger partial charge in [-0.1, -0.05) is 0 Å². The second kappa shape index (κ2) is 2.46. The second-order valence-electron chi connectivity index (χ2n) is 3.03. The molecule has 0 saturated carbocycles. The van der Waals surface area contributed by atoms with Crippen LogP contribution in [-0.4, -0.2) is 37.7 Å². The lowest BCUT2D eigenvalue weighted by Crippen LogP contribution is -2.55. The Morgan fingerprint density at radius 1 is 1.45 bits per heavy atom. The zero-order chi connectivity index (χ0) is 7.73. The van der Waals surface area contributed by atoms with Crippen molar-refractivity contribution in [2.24, 2.45) is 0 Å². The molecule has 2 rings (SSSR count). The van der Waals surface area contributed by atoms with Crippen LogP contribution in [0.15, 0.2) is 0 Å². The quantitative estimate of drug-likeness (QED) is 0.466. The summed E-state index contributed by atoms with van der Waals surface area (Å²) < 4.78 is 5.46. The molecule has 2 fully saturated rings. The summed E-state index contributed by atoms with van der Waals surface area (Å²) >= 11 is 0. The summed E-state index contributed by atoms with van der Waals surface area (Å²) in [5.74, 6) is 0.0498. The van der Waals surface area contributed by atoms with E-state index < -0.39 is 5.60 Å². The fraction of sp³-hybridized carbons (Fsp3) is 0.857. The maximum absolute atomic E-state index is 11.3. The van der Waals surface area contributed by atoms with Gasteiger partial charge in [0.25, 0.3) is 5.91 Å². The molecule has 1 amide bonds. The van der Waals surface area contributed by atoms with E-state index in [1.165, 1.54) is 0 Å². The van der Waals surface area contributed by atoms with E-state index in [1.807, 2.05) is 0 Å². The molecule has 0 aromatic heterocycles. The van der Waals surface area contributed by atoms with Gasteiger partial charge in [0.1, 0.15) is 0 Å². The summed E-state index contributed by atoms with van der Waals surface area (Å²) in [4.78, 5) is 11.3. The van der Waals surface area contributed by atoms with E-state index in [2.05, 4.69) is 10.6 Å². The van der Waals surface area contributed by atoms with Crippen molar-refractivity contribution in [3.05, 3.63) is 0 Å². The van der Waals surface area contributed by atoms with Gasteiger partial charge in [0, 0.05) is 13.1 Å². The van der Waals surface area contributed by atoms with Gasteiger partial charge >= 0.3 is 0 Å². The van der Waals surface area contributed by atoms with Gasteiger partial charge in [0.15, 0.2) is 5.60 Å². The predicted octanol–water partition coefficient (Wildman–Crippen LogP) is -1.14. The third-order valence-corrected chi connectivity index (χ3v) is 2.30. The Morgan fingerprint density at radius 2 is 2.36 bits per heavy atom. The Kier molecular flexibility index (Phi) is 1.58. The Morgan fingerprint density at radius 3 is 3.00 bits per heavy atom. The van der Waals surface area contributed by atoms with E-state index in [0.717, 1.165) is 13.0 Å². The number of morpholine rings is 1. The number of ether oxygens (including phenoxy) is 1. The fourth-order valence-electron chi connectivity index (χ4n) is 1.62. The molecular weight excluding hydrogens is 144 g/mol. The average molecular weight is 156 g/mol. The highest BCUT2D eigenvalue weighted by atomic mass is 16.5. The molecule has 2 aliphatic rings. The molecular formula is C7H12N2O2. The molecule has 4 heteroatoms. The molecule has 2 aliphatic heterocycles. The summed E-state index contributed by atoms with van der Waals surface area (Å²) in [5.41, 5.74) is -0.530. The first-order valence-corrected chi connectivity index (χ1v) is 3.96. The lowest BCUT2D eigenvalue weighted by molar-refractivity contribution is -0.151. The number of amides is 1. The normalized spacial score (nSPS) is 37.6. The van der Waals surface area contributed by atoms with Crippen molar-refractivity contribution in [2.45, 2.75) is 12.0 Å². The molecule has 0 aromatic rings. The first-order chi connectivity index (χ1) is 5.33. The first kappa shape index (κ1) is 7.06. The number of rotatable bonds is 0. The van der Waals surface area contributed by atoms with Gasteiger partial charge in [0.2, 0.25) is 0 Å². The van der Waals surface area contributed by atoms with E-state index in [1.54, 1.807) is 0 Å². The summed E-state index contributed by atoms with van der Waals surface area (Å²) in [5, 5.41) is 5.94. The molecule has 0 aliphatic carbocycles. The minimum atomic E-state index is -0.530. The zero-order valence-electron chi connectivity index (χ0n) is 6.35. The van der Waals surface area contributed by atoms with Gasteiger partial charge in [-0.3, -0.25) is 4.79 Å². The molecule has 0 aromatic carbocycles. The van der Waals surface area contributed by atoms with Crippen LogP contribution in [0.4, 0.5) is 0 Å². The number of carbonyl (C=O) groups excluding carboxylic acids is 1. The molecule has 2 N–H and O–H groups in total. The molecule has 4 nitrogen and oxygen atoms in total. The van der Waals surface area contributed by atoms with Crippen molar-refractivity contribution >= 4 is 5.91 Å². The lowest BCUT2D eigenvalue weighted by atomic mass is 10.0. The van der Waals surface area contributed by atoms with Crippen LogP contribution >= 0.6 is 0 Å². The Balaban J connectivity index is 2.13. The summed E-state index contributed by atoms with van der Waals surface area (Å²) in [7, 11) is 0. The average Bonchev–Trinajstić information content (AvgIpc) is 2.46. The third kappa shape index (κ3) is 1.02. The molecule has 62 valence electrons. The molecule has 0 unspecified atom stereocenters. The molecule has 0 bridgehead atoms. The largest absolute Gasteiger partial charge is 0.362 e. The highest BCUT2D eigenvalue weighted by molar-refractivity contribution is 5.86. The lowest BCUT2D eigenvalue weighted by Gasteiger charge is -2.31. The molecule has 1 atom stereocenters. The van der Waals surface area contributed by atoms with Crippen molar-refractivity contribution in [2.75, 3.05) is 26.2 Å². The van der Waals surface area contributed by atoms with Gasteiger partial charge in [-0.05, 0) is 13.0 Å². The summed E-state index contributed by atoms with van der Waals surface area (Å²) in [6.07, 6.45) is 0.804. The highest BCUT2D eigenvalue weighted by Gasteiger charge is 2.43. The van der Waals surface area contributed by atoms with Crippen LogP contribution in [0.3, 0.4) is 0 Å². The van der Waals surface area contributed by atoms with Crippen LogP contribution in [-0.2, 0) is 9.53 Å². The first-order valence-electron chi connectivity index (χ1n) is 3.96. The highest BCUT2D eigenvalue weighted by Crippen LogP contribution is 2.21. The van der Waals surface area contributed by atoms with Crippen molar-refractivity contribution < 1.29 is 9.53 Å². The summed E-state index contributed by atoms with van der Waals surface area (Å²) in [6.45, 7) is 2.85. The van der Waals surface area contributed by atoms with Crippen molar-refractivity contribution in [1.82, 2.24) is 10.6 Å². The topological polar surface area (TPSA) is 50.4 Å². The van der Waals surface area contributed by atoms with Gasteiger partial charge in [-0.15, -0.1) is 0 Å². The smallest absolute Gasteiger partial charge is 0.253 e. The van der Waals surface area contributed by atoms with Gasteiger partial charge in [-0.2, -0.15) is 0 Å². The number of hydrogen-bond donors (Lipinski definition) is 2. The maximum Gasteiger partial charge on any atom is 0.253 e. The number of nitrogens with one attached hydrogen (secondary N) is 2. The minimum Gasteiger partial charge on any atom is -0.362 e. The number of carbonyl (C=O) groups is 1. The monoisotopic (exact) mass is 156 g/mol. The number of hydrogen-bond acceptors (Lipinski definition) is 3. The maximum atomic E-state index is 11.3. The Hall–Kier alpha value is -0.610. The van der Waals surface area contributed by atoms with Crippen LogP contribution < -0.4 is 10.6 Å². The van der Waals surface area contributed by atoms with E-state index in [-0.39, 0.29) is 5.91 Å². The standard InChI is InChI=1S/C7H12N2O2/c10-6-7(1-2-8-5-7)11-4-3-9-6/h8H,1-5H2,(H,9,10)/t7-/m1/s1. The molecule has 0 radical (unpaired) electrons. The Labute approximate surface area is 65.3 Å². The molecule has 2 saturated heterocycles. The Bertz CT molecular complexity index is 175. The van der Waals surface area contributed by atoms with Gasteiger partial charge in [0.05, 0.1) is 6.61 Å². The van der Waals surface area contributed by atoms with Crippen LogP contribution in [0.5, 0.6) is 0 Å². The van der Waals surface area contributed by atoms with Crippen molar-refractivity contribution in [1.29, 1.82) is 0 Å². The van der Waals surface area contributed by atoms with Gasteiger partial charge < -0.3 is 15.4 Å². The molecule has 1 spiro atoms. The van der Waals surface area contributed by atoms with E-state index >= 15 is 0 Å². The fourth-order valence-corrected chi connectivity index (χ4v) is 1.62. The van der Waals surface area contributed by atoms with Crippen molar-refractivity contribution in [3.8, 4) is 0 Å². The van der Waals surface area contributed by atoms with E-state index in [0.29, 0.717) is 19.7 Å². The second-order valence-corrected chi connectivity index (χ2v) is 3.03. The van der Waals surface area contributed by atoms with Crippen molar-refractivity contribution in [3.63, 3.8) is 0 Å². The van der Waals surface area contributed by atoms with Crippen LogP contribution in [0, 0.1) is 0 Å². The SMILES string of the molecule is O=C1NCCO[C@@]12CCNC2. The minimum absolute atomic E-state index is 0.0498. The van der Waals surface area contributed by atoms with Crippen LogP contribution in [0.1, 0.15) is 6.42 Å². The van der Waals surface area contributed by atoms with E-state index in [9.17, 15) is 4.79 Å². The van der Waals surface area contributed by atoms with Crippen LogP contribution in [0.25, 0.3) is 0 Å². The molecule has 11 heavy (non-hydrogen) atoms. The third-order valence-electron chi connectivity index (χ3n) is 2.30. The predicted molar refractivity (Wildman–Crippen MR) is 39.2 cm³/mol. The zero-order valence-corrected chi connectivity index (χ0v) is 6.35. The summed E-state index contributed by atoms with van der Waals surface area (Å²) in [6, 6.07) is 0. The van der Waals surface area contributed by atoms with E-state index in [4.69, 9.17) is 4.74 Å².